The van der Waals surface area contributed by atoms with Gasteiger partial charge in [0.05, 0.1) is 11.6 Å². The van der Waals surface area contributed by atoms with Crippen molar-refractivity contribution in [2.24, 2.45) is 0 Å². The van der Waals surface area contributed by atoms with Crippen LogP contribution >= 0.6 is 11.6 Å². The topological polar surface area (TPSA) is 50.4 Å². The Morgan fingerprint density at radius 3 is 3.11 bits per heavy atom. The van der Waals surface area contributed by atoms with Crippen LogP contribution in [0.3, 0.4) is 0 Å². The van der Waals surface area contributed by atoms with Gasteiger partial charge >= 0.3 is 0 Å². The average molecular weight is 283 g/mol. The Hall–Kier alpha value is -1.42. The molecule has 1 heterocycles. The molecule has 0 radical (unpaired) electrons. The normalized spacial score (nSPS) is 19.5. The van der Waals surface area contributed by atoms with Crippen LogP contribution in [0.25, 0.3) is 0 Å². The maximum atomic E-state index is 11.5. The van der Waals surface area contributed by atoms with E-state index in [-0.39, 0.29) is 11.9 Å². The van der Waals surface area contributed by atoms with Gasteiger partial charge in [0.1, 0.15) is 5.75 Å². The van der Waals surface area contributed by atoms with Gasteiger partial charge in [-0.05, 0) is 38.0 Å². The maximum Gasteiger partial charge on any atom is 0.222 e. The Kier molecular flexibility index (Phi) is 4.91. The van der Waals surface area contributed by atoms with Gasteiger partial charge in [0, 0.05) is 24.7 Å². The summed E-state index contributed by atoms with van der Waals surface area (Å²) >= 11 is 6.14. The monoisotopic (exact) mass is 282 g/mol. The van der Waals surface area contributed by atoms with E-state index >= 15 is 0 Å². The first-order valence-corrected chi connectivity index (χ1v) is 7.02. The quantitative estimate of drug-likeness (QED) is 0.893. The van der Waals surface area contributed by atoms with Crippen molar-refractivity contribution in [1.29, 1.82) is 0 Å². The summed E-state index contributed by atoms with van der Waals surface area (Å²) in [4.78, 5) is 11.5. The van der Waals surface area contributed by atoms with Crippen molar-refractivity contribution in [1.82, 2.24) is 5.32 Å². The van der Waals surface area contributed by atoms with Crippen LogP contribution < -0.4 is 15.4 Å². The number of halogens is 1. The molecule has 0 spiro atoms. The minimum absolute atomic E-state index is 0.104. The number of rotatable bonds is 4. The van der Waals surface area contributed by atoms with Crippen LogP contribution in [0.1, 0.15) is 26.2 Å². The van der Waals surface area contributed by atoms with Gasteiger partial charge in [0.2, 0.25) is 5.91 Å². The zero-order valence-corrected chi connectivity index (χ0v) is 11.8. The molecule has 2 rings (SSSR count). The molecule has 2 N–H and O–H groups in total. The first-order chi connectivity index (χ1) is 9.19. The first kappa shape index (κ1) is 14.0. The molecule has 0 aromatic heterocycles. The van der Waals surface area contributed by atoms with Crippen molar-refractivity contribution in [2.45, 2.75) is 32.2 Å². The van der Waals surface area contributed by atoms with E-state index in [1.165, 1.54) is 0 Å². The third-order valence-electron chi connectivity index (χ3n) is 3.09. The highest BCUT2D eigenvalue weighted by molar-refractivity contribution is 6.32. The Labute approximate surface area is 118 Å². The van der Waals surface area contributed by atoms with Gasteiger partial charge in [0.25, 0.3) is 0 Å². The summed E-state index contributed by atoms with van der Waals surface area (Å²) in [5.41, 5.74) is 0.924. The maximum absolute atomic E-state index is 11.5. The predicted molar refractivity (Wildman–Crippen MR) is 76.9 cm³/mol. The fourth-order valence-electron chi connectivity index (χ4n) is 2.20. The van der Waals surface area contributed by atoms with Gasteiger partial charge in [-0.1, -0.05) is 11.6 Å². The molecular weight excluding hydrogens is 264 g/mol. The summed E-state index contributed by atoms with van der Waals surface area (Å²) in [5, 5.41) is 6.82. The SMILES string of the molecule is CCOc1ccc(NC2CCCNC(=O)C2)cc1Cl. The molecule has 1 saturated heterocycles. The molecule has 4 nitrogen and oxygen atoms in total. The molecule has 0 bridgehead atoms. The van der Waals surface area contributed by atoms with E-state index in [1.807, 2.05) is 25.1 Å². The van der Waals surface area contributed by atoms with Crippen molar-refractivity contribution in [3.05, 3.63) is 23.2 Å². The zero-order valence-electron chi connectivity index (χ0n) is 11.0. The van der Waals surface area contributed by atoms with E-state index in [1.54, 1.807) is 0 Å². The van der Waals surface area contributed by atoms with Gasteiger partial charge < -0.3 is 15.4 Å². The van der Waals surface area contributed by atoms with Crippen molar-refractivity contribution in [3.63, 3.8) is 0 Å². The third kappa shape index (κ3) is 4.03. The van der Waals surface area contributed by atoms with Crippen molar-refractivity contribution < 1.29 is 9.53 Å². The number of ether oxygens (including phenoxy) is 1. The average Bonchev–Trinajstić information content (AvgIpc) is 2.57. The van der Waals surface area contributed by atoms with Crippen LogP contribution in [0, 0.1) is 0 Å². The molecule has 0 aliphatic carbocycles. The summed E-state index contributed by atoms with van der Waals surface area (Å²) < 4.78 is 5.39. The molecular formula is C14H19ClN2O2. The molecule has 19 heavy (non-hydrogen) atoms. The summed E-state index contributed by atoms with van der Waals surface area (Å²) in [6.45, 7) is 3.28. The van der Waals surface area contributed by atoms with Gasteiger partial charge in [0.15, 0.2) is 0 Å². The molecule has 1 aliphatic heterocycles. The lowest BCUT2D eigenvalue weighted by molar-refractivity contribution is -0.120. The smallest absolute Gasteiger partial charge is 0.222 e. The molecule has 1 aromatic rings. The minimum atomic E-state index is 0.104. The number of hydrogen-bond donors (Lipinski definition) is 2. The second-order valence-corrected chi connectivity index (χ2v) is 5.02. The molecule has 1 aromatic carbocycles. The molecule has 104 valence electrons. The van der Waals surface area contributed by atoms with Gasteiger partial charge in [-0.2, -0.15) is 0 Å². The van der Waals surface area contributed by atoms with E-state index in [4.69, 9.17) is 16.3 Å². The van der Waals surface area contributed by atoms with Crippen molar-refractivity contribution >= 4 is 23.2 Å². The molecule has 1 atom stereocenters. The Morgan fingerprint density at radius 1 is 1.53 bits per heavy atom. The highest BCUT2D eigenvalue weighted by atomic mass is 35.5. The Bertz CT molecular complexity index is 451. The highest BCUT2D eigenvalue weighted by Gasteiger charge is 2.17. The lowest BCUT2D eigenvalue weighted by Crippen LogP contribution is -2.26. The molecule has 1 unspecified atom stereocenters. The number of hydrogen-bond acceptors (Lipinski definition) is 3. The van der Waals surface area contributed by atoms with E-state index < -0.39 is 0 Å². The number of carbonyl (C=O) groups is 1. The lowest BCUT2D eigenvalue weighted by Gasteiger charge is -2.17. The van der Waals surface area contributed by atoms with Crippen LogP contribution in [0.4, 0.5) is 5.69 Å². The standard InChI is InChI=1S/C14H19ClN2O2/c1-2-19-13-6-5-11(8-12(13)15)17-10-4-3-7-16-14(18)9-10/h5-6,8,10,17H,2-4,7,9H2,1H3,(H,16,18). The van der Waals surface area contributed by atoms with Gasteiger partial charge in [-0.25, -0.2) is 0 Å². The van der Waals surface area contributed by atoms with E-state index in [9.17, 15) is 4.79 Å². The first-order valence-electron chi connectivity index (χ1n) is 6.64. The van der Waals surface area contributed by atoms with E-state index in [2.05, 4.69) is 10.6 Å². The summed E-state index contributed by atoms with van der Waals surface area (Å²) in [6.07, 6.45) is 2.47. The predicted octanol–water partition coefficient (Wildman–Crippen LogP) is 2.82. The third-order valence-corrected chi connectivity index (χ3v) is 3.38. The fraction of sp³-hybridized carbons (Fsp3) is 0.500. The number of anilines is 1. The van der Waals surface area contributed by atoms with Crippen LogP contribution in [0.2, 0.25) is 5.02 Å². The largest absolute Gasteiger partial charge is 0.492 e. The summed E-state index contributed by atoms with van der Waals surface area (Å²) in [7, 11) is 0. The van der Waals surface area contributed by atoms with E-state index in [0.717, 1.165) is 25.1 Å². The summed E-state index contributed by atoms with van der Waals surface area (Å²) in [6, 6.07) is 5.79. The van der Waals surface area contributed by atoms with E-state index in [0.29, 0.717) is 23.8 Å². The number of carbonyl (C=O) groups excluding carboxylic acids is 1. The lowest BCUT2D eigenvalue weighted by atomic mass is 10.1. The van der Waals surface area contributed by atoms with Crippen LogP contribution in [0.5, 0.6) is 5.75 Å². The van der Waals surface area contributed by atoms with Crippen LogP contribution in [-0.2, 0) is 4.79 Å². The summed E-state index contributed by atoms with van der Waals surface area (Å²) in [5.74, 6) is 0.792. The molecule has 0 saturated carbocycles. The zero-order chi connectivity index (χ0) is 13.7. The van der Waals surface area contributed by atoms with Gasteiger partial charge in [-0.3, -0.25) is 4.79 Å². The van der Waals surface area contributed by atoms with Crippen LogP contribution in [0.15, 0.2) is 18.2 Å². The molecule has 5 heteroatoms. The highest BCUT2D eigenvalue weighted by Crippen LogP contribution is 2.28. The molecule has 1 aliphatic rings. The van der Waals surface area contributed by atoms with Crippen molar-refractivity contribution in [3.8, 4) is 5.75 Å². The van der Waals surface area contributed by atoms with Crippen LogP contribution in [-0.4, -0.2) is 25.1 Å². The van der Waals surface area contributed by atoms with Gasteiger partial charge in [-0.15, -0.1) is 0 Å². The van der Waals surface area contributed by atoms with Crippen molar-refractivity contribution in [2.75, 3.05) is 18.5 Å². The number of benzene rings is 1. The molecule has 1 fully saturated rings. The Morgan fingerprint density at radius 2 is 2.37 bits per heavy atom. The molecule has 1 amide bonds. The second-order valence-electron chi connectivity index (χ2n) is 4.62. The minimum Gasteiger partial charge on any atom is -0.492 e. The Balaban J connectivity index is 2.02. The second kappa shape index (κ2) is 6.66. The fourth-order valence-corrected chi connectivity index (χ4v) is 2.43. The number of amides is 1. The number of nitrogens with one attached hydrogen (secondary N) is 2.